The topological polar surface area (TPSA) is 89.3 Å². The molecule has 0 atom stereocenters. The van der Waals surface area contributed by atoms with Crippen molar-refractivity contribution in [2.75, 3.05) is 18.8 Å². The van der Waals surface area contributed by atoms with E-state index in [2.05, 4.69) is 5.32 Å². The average Bonchev–Trinajstić information content (AvgIpc) is 2.50. The van der Waals surface area contributed by atoms with Gasteiger partial charge in [-0.1, -0.05) is 44.2 Å². The molecule has 1 aromatic rings. The number of nitrogens with one attached hydrogen (secondary N) is 1. The summed E-state index contributed by atoms with van der Waals surface area (Å²) in [6.07, 6.45) is 1.28. The van der Waals surface area contributed by atoms with Crippen molar-refractivity contribution in [1.82, 2.24) is 5.32 Å². The molecule has 0 spiro atoms. The summed E-state index contributed by atoms with van der Waals surface area (Å²) in [5, 5.41) is 2.72. The van der Waals surface area contributed by atoms with Gasteiger partial charge in [-0.05, 0) is 18.4 Å². The summed E-state index contributed by atoms with van der Waals surface area (Å²) in [5.74, 6) is -0.232. The molecule has 7 heteroatoms. The Morgan fingerprint density at radius 3 is 2.22 bits per heavy atom. The van der Waals surface area contributed by atoms with Crippen molar-refractivity contribution in [3.05, 3.63) is 35.9 Å². The first-order chi connectivity index (χ1) is 10.4. The number of rotatable bonds is 9. The van der Waals surface area contributed by atoms with Crippen LogP contribution in [0.5, 0.6) is 0 Å². The van der Waals surface area contributed by atoms with Crippen LogP contribution in [0.15, 0.2) is 30.3 Å². The minimum absolute atomic E-state index is 0. The van der Waals surface area contributed by atoms with Crippen LogP contribution in [0.1, 0.15) is 32.3 Å². The SMILES string of the molecule is CCC(CC)(CN)C(=O)NCCS(=O)(=O)Cc1ccccc1.Cl. The first kappa shape index (κ1) is 21.9. The molecule has 0 saturated carbocycles. The molecule has 1 amide bonds. The van der Waals surface area contributed by atoms with Crippen molar-refractivity contribution in [2.45, 2.75) is 32.4 Å². The van der Waals surface area contributed by atoms with Gasteiger partial charge in [-0.2, -0.15) is 0 Å². The van der Waals surface area contributed by atoms with E-state index in [0.29, 0.717) is 12.8 Å². The summed E-state index contributed by atoms with van der Waals surface area (Å²) in [6, 6.07) is 9.03. The van der Waals surface area contributed by atoms with Crippen molar-refractivity contribution >= 4 is 28.2 Å². The van der Waals surface area contributed by atoms with Crippen molar-refractivity contribution < 1.29 is 13.2 Å². The van der Waals surface area contributed by atoms with Gasteiger partial charge in [-0.25, -0.2) is 8.42 Å². The molecule has 23 heavy (non-hydrogen) atoms. The smallest absolute Gasteiger partial charge is 0.227 e. The Balaban J connectivity index is 0.00000484. The number of carbonyl (C=O) groups excluding carboxylic acids is 1. The van der Waals surface area contributed by atoms with Crippen LogP contribution in [0.4, 0.5) is 0 Å². The summed E-state index contributed by atoms with van der Waals surface area (Å²) in [4.78, 5) is 12.2. The molecular weight excluding hydrogens is 336 g/mol. The van der Waals surface area contributed by atoms with Gasteiger partial charge in [-0.3, -0.25) is 4.79 Å². The number of nitrogens with two attached hydrogens (primary N) is 1. The van der Waals surface area contributed by atoms with Crippen LogP contribution in [-0.2, 0) is 20.4 Å². The zero-order chi connectivity index (χ0) is 16.6. The second-order valence-electron chi connectivity index (χ2n) is 5.53. The average molecular weight is 363 g/mol. The molecule has 132 valence electrons. The van der Waals surface area contributed by atoms with Gasteiger partial charge in [0.2, 0.25) is 5.91 Å². The Kier molecular flexibility index (Phi) is 9.42. The molecular formula is C16H27ClN2O3S. The first-order valence-electron chi connectivity index (χ1n) is 7.62. The molecule has 0 bridgehead atoms. The van der Waals surface area contributed by atoms with Crippen LogP contribution in [0.3, 0.4) is 0 Å². The highest BCUT2D eigenvalue weighted by atomic mass is 35.5. The second kappa shape index (κ2) is 9.90. The minimum Gasteiger partial charge on any atom is -0.355 e. The Hall–Kier alpha value is -1.11. The number of amides is 1. The normalized spacial score (nSPS) is 11.6. The molecule has 0 aromatic heterocycles. The summed E-state index contributed by atoms with van der Waals surface area (Å²) in [7, 11) is -3.24. The third-order valence-electron chi connectivity index (χ3n) is 4.15. The van der Waals surface area contributed by atoms with Crippen molar-refractivity contribution in [1.29, 1.82) is 0 Å². The minimum atomic E-state index is -3.24. The van der Waals surface area contributed by atoms with E-state index in [1.165, 1.54) is 0 Å². The van der Waals surface area contributed by atoms with E-state index >= 15 is 0 Å². The summed E-state index contributed by atoms with van der Waals surface area (Å²) >= 11 is 0. The number of hydrogen-bond acceptors (Lipinski definition) is 4. The van der Waals surface area contributed by atoms with E-state index in [9.17, 15) is 13.2 Å². The van der Waals surface area contributed by atoms with Gasteiger partial charge in [0.1, 0.15) is 0 Å². The van der Waals surface area contributed by atoms with Crippen LogP contribution < -0.4 is 11.1 Å². The van der Waals surface area contributed by atoms with Crippen LogP contribution in [0, 0.1) is 5.41 Å². The van der Waals surface area contributed by atoms with E-state index in [0.717, 1.165) is 5.56 Å². The van der Waals surface area contributed by atoms with Crippen LogP contribution in [0.2, 0.25) is 0 Å². The predicted molar refractivity (Wildman–Crippen MR) is 96.3 cm³/mol. The lowest BCUT2D eigenvalue weighted by molar-refractivity contribution is -0.130. The highest BCUT2D eigenvalue weighted by Crippen LogP contribution is 2.24. The maximum absolute atomic E-state index is 12.2. The lowest BCUT2D eigenvalue weighted by Crippen LogP contribution is -2.46. The summed E-state index contributed by atoms with van der Waals surface area (Å²) in [6.45, 7) is 4.22. The van der Waals surface area contributed by atoms with E-state index in [1.807, 2.05) is 32.0 Å². The molecule has 3 N–H and O–H groups in total. The Morgan fingerprint density at radius 2 is 1.74 bits per heavy atom. The van der Waals surface area contributed by atoms with Gasteiger partial charge < -0.3 is 11.1 Å². The third-order valence-corrected chi connectivity index (χ3v) is 5.75. The third kappa shape index (κ3) is 6.49. The van der Waals surface area contributed by atoms with Gasteiger partial charge >= 0.3 is 0 Å². The quantitative estimate of drug-likeness (QED) is 0.702. The lowest BCUT2D eigenvalue weighted by Gasteiger charge is -2.28. The molecule has 0 heterocycles. The van der Waals surface area contributed by atoms with Crippen LogP contribution >= 0.6 is 12.4 Å². The molecule has 0 saturated heterocycles. The zero-order valence-electron chi connectivity index (χ0n) is 13.7. The van der Waals surface area contributed by atoms with Gasteiger partial charge in [0.15, 0.2) is 9.84 Å². The van der Waals surface area contributed by atoms with Gasteiger partial charge in [0.25, 0.3) is 0 Å². The highest BCUT2D eigenvalue weighted by molar-refractivity contribution is 7.90. The summed E-state index contributed by atoms with van der Waals surface area (Å²) in [5.41, 5.74) is 5.87. The molecule has 1 rings (SSSR count). The Labute approximate surface area is 145 Å². The number of hydrogen-bond donors (Lipinski definition) is 2. The van der Waals surface area contributed by atoms with Crippen molar-refractivity contribution in [3.63, 3.8) is 0 Å². The molecule has 5 nitrogen and oxygen atoms in total. The lowest BCUT2D eigenvalue weighted by atomic mass is 9.81. The van der Waals surface area contributed by atoms with Crippen LogP contribution in [-0.4, -0.2) is 33.2 Å². The highest BCUT2D eigenvalue weighted by Gasteiger charge is 2.33. The molecule has 0 radical (unpaired) electrons. The van der Waals surface area contributed by atoms with E-state index in [4.69, 9.17) is 5.73 Å². The van der Waals surface area contributed by atoms with Crippen molar-refractivity contribution in [3.8, 4) is 0 Å². The second-order valence-corrected chi connectivity index (χ2v) is 7.71. The summed E-state index contributed by atoms with van der Waals surface area (Å²) < 4.78 is 24.1. The van der Waals surface area contributed by atoms with Gasteiger partial charge in [0.05, 0.1) is 16.9 Å². The maximum atomic E-state index is 12.2. The van der Waals surface area contributed by atoms with E-state index < -0.39 is 15.3 Å². The predicted octanol–water partition coefficient (Wildman–Crippen LogP) is 1.90. The molecule has 0 unspecified atom stereocenters. The maximum Gasteiger partial charge on any atom is 0.227 e. The fraction of sp³-hybridized carbons (Fsp3) is 0.562. The molecule has 0 aliphatic heterocycles. The fourth-order valence-electron chi connectivity index (χ4n) is 2.36. The standard InChI is InChI=1S/C16H26N2O3S.ClH/c1-3-16(4-2,13-17)15(19)18-10-11-22(20,21)12-14-8-6-5-7-9-14;/h5-9H,3-4,10-13,17H2,1-2H3,(H,18,19);1H. The van der Waals surface area contributed by atoms with Gasteiger partial charge in [-0.15, -0.1) is 12.4 Å². The zero-order valence-corrected chi connectivity index (χ0v) is 15.4. The molecule has 0 aliphatic carbocycles. The molecule has 0 aliphatic rings. The van der Waals surface area contributed by atoms with Gasteiger partial charge in [0, 0.05) is 13.1 Å². The number of benzene rings is 1. The Bertz CT molecular complexity index is 564. The number of halogens is 1. The largest absolute Gasteiger partial charge is 0.355 e. The Morgan fingerprint density at radius 1 is 1.17 bits per heavy atom. The molecule has 0 fully saturated rings. The fourth-order valence-corrected chi connectivity index (χ4v) is 3.62. The number of carbonyl (C=O) groups is 1. The molecule has 1 aromatic carbocycles. The van der Waals surface area contributed by atoms with Crippen molar-refractivity contribution in [2.24, 2.45) is 11.1 Å². The van der Waals surface area contributed by atoms with E-state index in [-0.39, 0.29) is 42.9 Å². The first-order valence-corrected chi connectivity index (χ1v) is 9.44. The van der Waals surface area contributed by atoms with Crippen LogP contribution in [0.25, 0.3) is 0 Å². The van der Waals surface area contributed by atoms with E-state index in [1.54, 1.807) is 12.1 Å². The number of sulfone groups is 1. The monoisotopic (exact) mass is 362 g/mol.